The fraction of sp³-hybridized carbons (Fsp3) is 0.231. The van der Waals surface area contributed by atoms with Crippen molar-refractivity contribution in [1.29, 1.82) is 0 Å². The standard InChI is InChI=1S/C26H27F3NOPSi/c1-33(2,3)19-18-24-25(20-14-16-21(17-15-20)26(27,28)29)30(24)32(31,22-10-6-4-7-11-22)23-12-8-5-9-13-23/h4-19,24-25H,1-3H3/b19-18+/t24-,25+,30?/m1/s1. The molecule has 3 aromatic rings. The highest BCUT2D eigenvalue weighted by Crippen LogP contribution is 2.64. The van der Waals surface area contributed by atoms with Crippen LogP contribution in [-0.2, 0) is 10.7 Å². The molecule has 0 radical (unpaired) electrons. The van der Waals surface area contributed by atoms with E-state index in [0.29, 0.717) is 0 Å². The zero-order valence-electron chi connectivity index (χ0n) is 18.8. The van der Waals surface area contributed by atoms with Crippen molar-refractivity contribution in [3.63, 3.8) is 0 Å². The third kappa shape index (κ3) is 4.93. The minimum Gasteiger partial charge on any atom is -0.296 e. The van der Waals surface area contributed by atoms with Gasteiger partial charge in [-0.1, -0.05) is 79.9 Å². The molecule has 172 valence electrons. The number of halogens is 3. The molecule has 33 heavy (non-hydrogen) atoms. The molecule has 0 spiro atoms. The average Bonchev–Trinajstić information content (AvgIpc) is 3.52. The van der Waals surface area contributed by atoms with Crippen molar-refractivity contribution < 1.29 is 17.7 Å². The summed E-state index contributed by atoms with van der Waals surface area (Å²) in [7, 11) is -4.75. The number of hydrogen-bond acceptors (Lipinski definition) is 1. The maximum Gasteiger partial charge on any atom is 0.416 e. The quantitative estimate of drug-likeness (QED) is 0.218. The van der Waals surface area contributed by atoms with E-state index in [2.05, 4.69) is 31.4 Å². The molecule has 0 bridgehead atoms. The summed E-state index contributed by atoms with van der Waals surface area (Å²) in [6.45, 7) is 6.66. The molecule has 0 amide bonds. The summed E-state index contributed by atoms with van der Waals surface area (Å²) in [5.41, 5.74) is 2.27. The lowest BCUT2D eigenvalue weighted by molar-refractivity contribution is -0.137. The molecule has 1 unspecified atom stereocenters. The van der Waals surface area contributed by atoms with Gasteiger partial charge in [0.15, 0.2) is 0 Å². The highest BCUT2D eigenvalue weighted by Gasteiger charge is 2.57. The van der Waals surface area contributed by atoms with Crippen molar-refractivity contribution in [2.75, 3.05) is 0 Å². The predicted molar refractivity (Wildman–Crippen MR) is 132 cm³/mol. The topological polar surface area (TPSA) is 20.1 Å². The van der Waals surface area contributed by atoms with Gasteiger partial charge in [-0.2, -0.15) is 13.2 Å². The van der Waals surface area contributed by atoms with Crippen LogP contribution in [0.4, 0.5) is 13.2 Å². The molecule has 0 aliphatic carbocycles. The van der Waals surface area contributed by atoms with Gasteiger partial charge < -0.3 is 0 Å². The first kappa shape index (κ1) is 23.7. The minimum atomic E-state index is -4.39. The van der Waals surface area contributed by atoms with Gasteiger partial charge >= 0.3 is 6.18 Å². The first-order chi connectivity index (χ1) is 15.5. The van der Waals surface area contributed by atoms with Gasteiger partial charge in [0.2, 0.25) is 7.29 Å². The van der Waals surface area contributed by atoms with Crippen molar-refractivity contribution in [1.82, 2.24) is 4.67 Å². The Bertz CT molecular complexity index is 1130. The monoisotopic (exact) mass is 485 g/mol. The maximum absolute atomic E-state index is 14.8. The summed E-state index contributed by atoms with van der Waals surface area (Å²) in [6, 6.07) is 23.6. The summed E-state index contributed by atoms with van der Waals surface area (Å²) in [4.78, 5) is 0. The molecule has 0 aromatic heterocycles. The van der Waals surface area contributed by atoms with Gasteiger partial charge in [-0.15, -0.1) is 0 Å². The first-order valence-corrected chi connectivity index (χ1v) is 16.1. The number of hydrogen-bond donors (Lipinski definition) is 0. The number of rotatable bonds is 6. The van der Waals surface area contributed by atoms with E-state index < -0.39 is 27.1 Å². The van der Waals surface area contributed by atoms with E-state index in [1.54, 1.807) is 0 Å². The van der Waals surface area contributed by atoms with E-state index in [-0.39, 0.29) is 12.1 Å². The Morgan fingerprint density at radius 2 is 1.30 bits per heavy atom. The van der Waals surface area contributed by atoms with Crippen molar-refractivity contribution >= 4 is 26.0 Å². The molecule has 1 saturated heterocycles. The third-order valence-corrected chi connectivity index (χ3v) is 10.1. The molecule has 1 aliphatic heterocycles. The van der Waals surface area contributed by atoms with Gasteiger partial charge in [-0.05, 0) is 42.0 Å². The summed E-state index contributed by atoms with van der Waals surface area (Å²) >= 11 is 0. The number of nitrogens with zero attached hydrogens (tertiary/aromatic N) is 1. The van der Waals surface area contributed by atoms with Gasteiger partial charge in [0.25, 0.3) is 0 Å². The van der Waals surface area contributed by atoms with Crippen molar-refractivity contribution in [2.24, 2.45) is 0 Å². The van der Waals surface area contributed by atoms with Crippen LogP contribution in [0.25, 0.3) is 0 Å². The van der Waals surface area contributed by atoms with Crippen LogP contribution < -0.4 is 10.6 Å². The Morgan fingerprint density at radius 1 is 0.818 bits per heavy atom. The van der Waals surface area contributed by atoms with Crippen LogP contribution in [0.2, 0.25) is 19.6 Å². The minimum absolute atomic E-state index is 0.153. The Hall–Kier alpha value is -2.40. The largest absolute Gasteiger partial charge is 0.416 e. The van der Waals surface area contributed by atoms with Crippen LogP contribution in [0.1, 0.15) is 17.2 Å². The first-order valence-electron chi connectivity index (χ1n) is 10.9. The lowest BCUT2D eigenvalue weighted by Gasteiger charge is -2.22. The Labute approximate surface area is 194 Å². The average molecular weight is 486 g/mol. The summed E-state index contributed by atoms with van der Waals surface area (Å²) in [5.74, 6) is 0. The third-order valence-electron chi connectivity index (χ3n) is 5.73. The zero-order chi connectivity index (χ0) is 23.9. The van der Waals surface area contributed by atoms with E-state index in [4.69, 9.17) is 0 Å². The summed E-state index contributed by atoms with van der Waals surface area (Å²) < 4.78 is 56.2. The molecule has 0 saturated carbocycles. The van der Waals surface area contributed by atoms with Crippen LogP contribution in [0.15, 0.2) is 96.7 Å². The molecule has 4 rings (SSSR count). The second-order valence-corrected chi connectivity index (χ2v) is 17.1. The normalized spacial score (nSPS) is 21.3. The van der Waals surface area contributed by atoms with Crippen LogP contribution in [-0.4, -0.2) is 18.8 Å². The highest BCUT2D eigenvalue weighted by atomic mass is 31.2. The van der Waals surface area contributed by atoms with E-state index >= 15 is 0 Å². The lowest BCUT2D eigenvalue weighted by atomic mass is 10.1. The van der Waals surface area contributed by atoms with Crippen LogP contribution in [0.3, 0.4) is 0 Å². The van der Waals surface area contributed by atoms with Gasteiger partial charge in [0.1, 0.15) is 0 Å². The molecule has 7 heteroatoms. The highest BCUT2D eigenvalue weighted by molar-refractivity contribution is 7.76. The maximum atomic E-state index is 14.8. The van der Waals surface area contributed by atoms with Gasteiger partial charge in [-0.3, -0.25) is 4.57 Å². The van der Waals surface area contributed by atoms with Crippen molar-refractivity contribution in [3.8, 4) is 0 Å². The molecule has 0 N–H and O–H groups in total. The molecule has 1 aliphatic rings. The molecule has 3 atom stereocenters. The van der Waals surface area contributed by atoms with Gasteiger partial charge in [0, 0.05) is 10.6 Å². The summed E-state index contributed by atoms with van der Waals surface area (Å²) in [5, 5.41) is 1.44. The van der Waals surface area contributed by atoms with Crippen LogP contribution >= 0.6 is 7.29 Å². The van der Waals surface area contributed by atoms with Crippen LogP contribution in [0.5, 0.6) is 0 Å². The lowest BCUT2D eigenvalue weighted by Crippen LogP contribution is -2.22. The van der Waals surface area contributed by atoms with E-state index in [9.17, 15) is 17.7 Å². The molecule has 1 fully saturated rings. The second kappa shape index (κ2) is 8.75. The fourth-order valence-corrected chi connectivity index (χ4v) is 7.97. The number of benzene rings is 3. The molecule has 2 nitrogen and oxygen atoms in total. The van der Waals surface area contributed by atoms with E-state index in [1.807, 2.05) is 65.3 Å². The summed E-state index contributed by atoms with van der Waals surface area (Å²) in [6.07, 6.45) is -2.28. The van der Waals surface area contributed by atoms with Gasteiger partial charge in [-0.25, -0.2) is 4.67 Å². The Morgan fingerprint density at radius 3 is 1.73 bits per heavy atom. The molecule has 1 heterocycles. The number of alkyl halides is 3. The SMILES string of the molecule is C[Si](C)(C)/C=C/[C@@H]1[C@H](c2ccc(C(F)(F)F)cc2)N1P(=O)(c1ccccc1)c1ccccc1. The van der Waals surface area contributed by atoms with Gasteiger partial charge in [0.05, 0.1) is 25.7 Å². The van der Waals surface area contributed by atoms with Crippen LogP contribution in [0, 0.1) is 0 Å². The predicted octanol–water partition coefficient (Wildman–Crippen LogP) is 6.79. The van der Waals surface area contributed by atoms with E-state index in [0.717, 1.165) is 28.3 Å². The second-order valence-electron chi connectivity index (χ2n) is 9.41. The molecular formula is C26H27F3NOPSi. The van der Waals surface area contributed by atoms with Crippen molar-refractivity contribution in [2.45, 2.75) is 37.9 Å². The van der Waals surface area contributed by atoms with E-state index in [1.165, 1.54) is 12.1 Å². The fourth-order valence-electron chi connectivity index (χ4n) is 4.08. The molecule has 3 aromatic carbocycles. The Balaban J connectivity index is 1.82. The van der Waals surface area contributed by atoms with Crippen molar-refractivity contribution in [3.05, 3.63) is 108 Å². The zero-order valence-corrected chi connectivity index (χ0v) is 20.7. The smallest absolute Gasteiger partial charge is 0.296 e. The molecular weight excluding hydrogens is 458 g/mol. The Kier molecular flexibility index (Phi) is 6.30.